The highest BCUT2D eigenvalue weighted by molar-refractivity contribution is 5.80. The second-order valence-corrected chi connectivity index (χ2v) is 7.41. The van der Waals surface area contributed by atoms with Gasteiger partial charge in [-0.15, -0.1) is 0 Å². The number of hydrogen-bond donors (Lipinski definition) is 2. The van der Waals surface area contributed by atoms with E-state index in [0.29, 0.717) is 5.84 Å². The molecule has 0 spiro atoms. The molecule has 3 N–H and O–H groups in total. The summed E-state index contributed by atoms with van der Waals surface area (Å²) in [6.45, 7) is 12.6. The van der Waals surface area contributed by atoms with E-state index in [-0.39, 0.29) is 5.41 Å². The summed E-state index contributed by atoms with van der Waals surface area (Å²) in [7, 11) is 0. The third-order valence-corrected chi connectivity index (χ3v) is 4.25. The predicted octanol–water partition coefficient (Wildman–Crippen LogP) is 3.30. The Morgan fingerprint density at radius 3 is 2.00 bits per heavy atom. The first-order valence-corrected chi connectivity index (χ1v) is 8.05. The van der Waals surface area contributed by atoms with Crippen LogP contribution in [0.5, 0.6) is 0 Å². The molecule has 0 aromatic rings. The van der Waals surface area contributed by atoms with Gasteiger partial charge >= 0.3 is 0 Å². The van der Waals surface area contributed by atoms with Crippen LogP contribution in [0, 0.1) is 17.3 Å². The molecule has 1 rings (SSSR count). The lowest BCUT2D eigenvalue weighted by molar-refractivity contribution is 0.200. The van der Waals surface area contributed by atoms with Crippen molar-refractivity contribution >= 4 is 5.84 Å². The van der Waals surface area contributed by atoms with Gasteiger partial charge in [0.2, 0.25) is 0 Å². The third kappa shape index (κ3) is 6.60. The first kappa shape index (κ1) is 17.3. The molecule has 0 aliphatic heterocycles. The Balaban J connectivity index is 2.49. The van der Waals surface area contributed by atoms with E-state index in [0.717, 1.165) is 24.8 Å². The lowest BCUT2D eigenvalue weighted by Gasteiger charge is -2.28. The van der Waals surface area contributed by atoms with Gasteiger partial charge in [0.1, 0.15) is 5.84 Å². The van der Waals surface area contributed by atoms with Crippen molar-refractivity contribution in [1.29, 1.82) is 0 Å². The Morgan fingerprint density at radius 2 is 1.65 bits per heavy atom. The summed E-state index contributed by atoms with van der Waals surface area (Å²) in [5.41, 5.74) is 5.98. The van der Waals surface area contributed by atoms with Crippen LogP contribution >= 0.6 is 0 Å². The molecule has 0 heterocycles. The summed E-state index contributed by atoms with van der Waals surface area (Å²) < 4.78 is 0. The van der Waals surface area contributed by atoms with Gasteiger partial charge < -0.3 is 15.8 Å². The second kappa shape index (κ2) is 7.87. The highest BCUT2D eigenvalue weighted by Crippen LogP contribution is 2.49. The van der Waals surface area contributed by atoms with Gasteiger partial charge in [-0.05, 0) is 56.0 Å². The van der Waals surface area contributed by atoms with E-state index in [2.05, 4.69) is 37.8 Å². The first-order chi connectivity index (χ1) is 9.37. The normalized spacial score (nSPS) is 18.2. The SMILES string of the molecule is CC(C)CCN(CCC(C)C)CC1(CC(N)=NO)CC1. The van der Waals surface area contributed by atoms with Crippen molar-refractivity contribution in [3.63, 3.8) is 0 Å². The number of nitrogens with zero attached hydrogens (tertiary/aromatic N) is 2. The van der Waals surface area contributed by atoms with Gasteiger partial charge in [0.15, 0.2) is 0 Å². The fourth-order valence-electron chi connectivity index (χ4n) is 2.61. The Bertz CT molecular complexity index is 297. The fourth-order valence-corrected chi connectivity index (χ4v) is 2.61. The first-order valence-electron chi connectivity index (χ1n) is 8.05. The van der Waals surface area contributed by atoms with Crippen LogP contribution in [-0.2, 0) is 0 Å². The van der Waals surface area contributed by atoms with E-state index in [9.17, 15) is 0 Å². The molecule has 1 aliphatic rings. The van der Waals surface area contributed by atoms with Gasteiger partial charge in [0.05, 0.1) is 0 Å². The maximum Gasteiger partial charge on any atom is 0.139 e. The van der Waals surface area contributed by atoms with E-state index in [1.54, 1.807) is 0 Å². The third-order valence-electron chi connectivity index (χ3n) is 4.25. The quantitative estimate of drug-likeness (QED) is 0.280. The van der Waals surface area contributed by atoms with Gasteiger partial charge in [-0.25, -0.2) is 0 Å². The number of hydrogen-bond acceptors (Lipinski definition) is 3. The van der Waals surface area contributed by atoms with E-state index >= 15 is 0 Å². The topological polar surface area (TPSA) is 61.8 Å². The molecule has 0 radical (unpaired) electrons. The number of nitrogens with two attached hydrogens (primary N) is 1. The lowest BCUT2D eigenvalue weighted by Crippen LogP contribution is -2.35. The zero-order chi connectivity index (χ0) is 15.2. The van der Waals surface area contributed by atoms with E-state index in [1.165, 1.54) is 38.8 Å². The summed E-state index contributed by atoms with van der Waals surface area (Å²) in [6.07, 6.45) is 5.66. The molecule has 4 heteroatoms. The molecule has 4 nitrogen and oxygen atoms in total. The van der Waals surface area contributed by atoms with Gasteiger partial charge in [0, 0.05) is 13.0 Å². The Morgan fingerprint density at radius 1 is 1.15 bits per heavy atom. The Hall–Kier alpha value is -0.770. The largest absolute Gasteiger partial charge is 0.409 e. The summed E-state index contributed by atoms with van der Waals surface area (Å²) >= 11 is 0. The van der Waals surface area contributed by atoms with Crippen LogP contribution in [0.25, 0.3) is 0 Å². The van der Waals surface area contributed by atoms with Crippen LogP contribution in [0.2, 0.25) is 0 Å². The molecule has 0 aromatic carbocycles. The zero-order valence-corrected chi connectivity index (χ0v) is 13.7. The second-order valence-electron chi connectivity index (χ2n) is 7.41. The average Bonchev–Trinajstić information content (AvgIpc) is 3.12. The van der Waals surface area contributed by atoms with Crippen molar-refractivity contribution in [2.24, 2.45) is 28.1 Å². The van der Waals surface area contributed by atoms with Crippen LogP contribution in [0.4, 0.5) is 0 Å². The highest BCUT2D eigenvalue weighted by atomic mass is 16.4. The summed E-state index contributed by atoms with van der Waals surface area (Å²) in [6, 6.07) is 0. The maximum atomic E-state index is 8.76. The van der Waals surface area contributed by atoms with Crippen molar-refractivity contribution in [3.8, 4) is 0 Å². The van der Waals surface area contributed by atoms with Crippen LogP contribution < -0.4 is 5.73 Å². The molecule has 20 heavy (non-hydrogen) atoms. The van der Waals surface area contributed by atoms with Crippen LogP contribution in [0.1, 0.15) is 59.8 Å². The summed E-state index contributed by atoms with van der Waals surface area (Å²) in [5.74, 6) is 1.88. The monoisotopic (exact) mass is 283 g/mol. The molecule has 0 aromatic heterocycles. The van der Waals surface area contributed by atoms with Gasteiger partial charge in [0.25, 0.3) is 0 Å². The average molecular weight is 283 g/mol. The number of oxime groups is 1. The molecular formula is C16H33N3O. The molecule has 0 amide bonds. The van der Waals surface area contributed by atoms with Crippen molar-refractivity contribution < 1.29 is 5.21 Å². The number of rotatable bonds is 10. The molecular weight excluding hydrogens is 250 g/mol. The Labute approximate surface area is 124 Å². The van der Waals surface area contributed by atoms with Crippen molar-refractivity contribution in [1.82, 2.24) is 4.90 Å². The molecule has 0 atom stereocenters. The minimum atomic E-state index is 0.282. The van der Waals surface area contributed by atoms with Crippen LogP contribution in [0.15, 0.2) is 5.16 Å². The van der Waals surface area contributed by atoms with Crippen molar-refractivity contribution in [2.75, 3.05) is 19.6 Å². The van der Waals surface area contributed by atoms with Crippen LogP contribution in [0.3, 0.4) is 0 Å². The van der Waals surface area contributed by atoms with E-state index in [4.69, 9.17) is 10.9 Å². The number of amidine groups is 1. The maximum absolute atomic E-state index is 8.76. The molecule has 1 saturated carbocycles. The Kier molecular flexibility index (Phi) is 6.80. The zero-order valence-electron chi connectivity index (χ0n) is 13.7. The minimum absolute atomic E-state index is 0.282. The minimum Gasteiger partial charge on any atom is -0.409 e. The molecule has 118 valence electrons. The highest BCUT2D eigenvalue weighted by Gasteiger charge is 2.44. The van der Waals surface area contributed by atoms with Crippen molar-refractivity contribution in [2.45, 2.75) is 59.8 Å². The standard InChI is InChI=1S/C16H33N3O/c1-13(2)5-9-19(10-6-14(3)4)12-16(7-8-16)11-15(17)18-20/h13-14,20H,5-12H2,1-4H3,(H2,17,18). The molecule has 1 fully saturated rings. The predicted molar refractivity (Wildman–Crippen MR) is 85.0 cm³/mol. The molecule has 0 bridgehead atoms. The molecule has 1 aliphatic carbocycles. The fraction of sp³-hybridized carbons (Fsp3) is 0.938. The van der Waals surface area contributed by atoms with Gasteiger partial charge in [-0.2, -0.15) is 0 Å². The summed E-state index contributed by atoms with van der Waals surface area (Å²) in [5, 5.41) is 11.9. The van der Waals surface area contributed by atoms with E-state index < -0.39 is 0 Å². The summed E-state index contributed by atoms with van der Waals surface area (Å²) in [4.78, 5) is 2.59. The lowest BCUT2D eigenvalue weighted by atomic mass is 9.99. The van der Waals surface area contributed by atoms with Gasteiger partial charge in [-0.1, -0.05) is 32.9 Å². The van der Waals surface area contributed by atoms with Crippen LogP contribution in [-0.4, -0.2) is 35.6 Å². The van der Waals surface area contributed by atoms with Gasteiger partial charge in [-0.3, -0.25) is 0 Å². The smallest absolute Gasteiger partial charge is 0.139 e. The molecule has 0 unspecified atom stereocenters. The van der Waals surface area contributed by atoms with E-state index in [1.807, 2.05) is 0 Å². The van der Waals surface area contributed by atoms with Crippen molar-refractivity contribution in [3.05, 3.63) is 0 Å². The molecule has 0 saturated heterocycles.